The molecular weight excluding hydrogens is 245 g/mol. The first kappa shape index (κ1) is 14.3. The van der Waals surface area contributed by atoms with E-state index in [1.807, 2.05) is 7.05 Å². The largest absolute Gasteiger partial charge is 0.492 e. The highest BCUT2D eigenvalue weighted by atomic mass is 19.1. The SMILES string of the molecule is CN(CCOc1ccc(F)cc1)CC1CCCC1O. The van der Waals surface area contributed by atoms with Crippen LogP contribution in [0.2, 0.25) is 0 Å². The number of benzene rings is 1. The van der Waals surface area contributed by atoms with E-state index in [-0.39, 0.29) is 11.9 Å². The number of nitrogens with zero attached hydrogens (tertiary/aromatic N) is 1. The molecule has 2 unspecified atom stereocenters. The van der Waals surface area contributed by atoms with Gasteiger partial charge >= 0.3 is 0 Å². The van der Waals surface area contributed by atoms with Crippen molar-refractivity contribution in [1.29, 1.82) is 0 Å². The molecule has 0 amide bonds. The predicted molar refractivity (Wildman–Crippen MR) is 72.7 cm³/mol. The van der Waals surface area contributed by atoms with Crippen molar-refractivity contribution < 1.29 is 14.2 Å². The van der Waals surface area contributed by atoms with Gasteiger partial charge in [-0.3, -0.25) is 0 Å². The zero-order chi connectivity index (χ0) is 13.7. The minimum absolute atomic E-state index is 0.138. The summed E-state index contributed by atoms with van der Waals surface area (Å²) in [4.78, 5) is 2.18. The van der Waals surface area contributed by atoms with Crippen molar-refractivity contribution in [2.24, 2.45) is 5.92 Å². The lowest BCUT2D eigenvalue weighted by atomic mass is 10.1. The Morgan fingerprint density at radius 1 is 1.32 bits per heavy atom. The third-order valence-electron chi connectivity index (χ3n) is 3.72. The molecule has 0 aliphatic heterocycles. The summed E-state index contributed by atoms with van der Waals surface area (Å²) in [6.45, 7) is 2.29. The lowest BCUT2D eigenvalue weighted by molar-refractivity contribution is 0.105. The van der Waals surface area contributed by atoms with Crippen LogP contribution < -0.4 is 4.74 Å². The Hall–Kier alpha value is -1.13. The fourth-order valence-corrected chi connectivity index (χ4v) is 2.57. The smallest absolute Gasteiger partial charge is 0.123 e. The molecule has 1 aromatic rings. The van der Waals surface area contributed by atoms with Crippen LogP contribution in [-0.2, 0) is 0 Å². The second-order valence-electron chi connectivity index (χ2n) is 5.32. The Labute approximate surface area is 114 Å². The lowest BCUT2D eigenvalue weighted by Crippen LogP contribution is -2.32. The lowest BCUT2D eigenvalue weighted by Gasteiger charge is -2.23. The summed E-state index contributed by atoms with van der Waals surface area (Å²) >= 11 is 0. The van der Waals surface area contributed by atoms with Crippen LogP contribution in [0.1, 0.15) is 19.3 Å². The van der Waals surface area contributed by atoms with Crippen LogP contribution in [0.25, 0.3) is 0 Å². The second-order valence-corrected chi connectivity index (χ2v) is 5.32. The summed E-state index contributed by atoms with van der Waals surface area (Å²) in [5, 5.41) is 9.77. The number of likely N-dealkylation sites (N-methyl/N-ethyl adjacent to an activating group) is 1. The van der Waals surface area contributed by atoms with Gasteiger partial charge in [-0.2, -0.15) is 0 Å². The molecule has 0 bridgehead atoms. The first-order valence-corrected chi connectivity index (χ1v) is 6.90. The summed E-state index contributed by atoms with van der Waals surface area (Å²) in [6.07, 6.45) is 3.04. The van der Waals surface area contributed by atoms with Crippen molar-refractivity contribution in [2.45, 2.75) is 25.4 Å². The highest BCUT2D eigenvalue weighted by molar-refractivity contribution is 5.21. The van der Waals surface area contributed by atoms with Crippen molar-refractivity contribution in [1.82, 2.24) is 4.90 Å². The number of ether oxygens (including phenoxy) is 1. The molecule has 1 aromatic carbocycles. The Bertz CT molecular complexity index is 382. The molecule has 106 valence electrons. The predicted octanol–water partition coefficient (Wildman–Crippen LogP) is 2.30. The van der Waals surface area contributed by atoms with Gasteiger partial charge in [-0.05, 0) is 50.1 Å². The monoisotopic (exact) mass is 267 g/mol. The molecule has 1 aliphatic rings. The Kier molecular flexibility index (Phi) is 5.16. The molecule has 19 heavy (non-hydrogen) atoms. The van der Waals surface area contributed by atoms with Gasteiger partial charge in [0.05, 0.1) is 6.10 Å². The molecule has 0 saturated heterocycles. The molecule has 3 nitrogen and oxygen atoms in total. The van der Waals surface area contributed by atoms with Gasteiger partial charge in [0.1, 0.15) is 18.2 Å². The number of aliphatic hydroxyl groups excluding tert-OH is 1. The quantitative estimate of drug-likeness (QED) is 0.858. The van der Waals surface area contributed by atoms with Gasteiger partial charge in [0.2, 0.25) is 0 Å². The van der Waals surface area contributed by atoms with E-state index in [1.165, 1.54) is 12.1 Å². The van der Waals surface area contributed by atoms with E-state index < -0.39 is 0 Å². The standard InChI is InChI=1S/C15H22FNO2/c1-17(11-12-3-2-4-15(12)18)9-10-19-14-7-5-13(16)6-8-14/h5-8,12,15,18H,2-4,9-11H2,1H3. The molecule has 0 spiro atoms. The van der Waals surface area contributed by atoms with Crippen molar-refractivity contribution in [3.05, 3.63) is 30.1 Å². The van der Waals surface area contributed by atoms with Crippen LogP contribution in [0.15, 0.2) is 24.3 Å². The van der Waals surface area contributed by atoms with E-state index in [4.69, 9.17) is 4.74 Å². The number of rotatable bonds is 6. The van der Waals surface area contributed by atoms with Crippen LogP contribution in [-0.4, -0.2) is 42.9 Å². The van der Waals surface area contributed by atoms with Crippen LogP contribution >= 0.6 is 0 Å². The average Bonchev–Trinajstić information content (AvgIpc) is 2.78. The summed E-state index contributed by atoms with van der Waals surface area (Å²) < 4.78 is 18.3. The van der Waals surface area contributed by atoms with E-state index in [0.29, 0.717) is 18.3 Å². The summed E-state index contributed by atoms with van der Waals surface area (Å²) in [5.41, 5.74) is 0. The van der Waals surface area contributed by atoms with Gasteiger partial charge in [-0.1, -0.05) is 6.42 Å². The molecule has 1 N–H and O–H groups in total. The highest BCUT2D eigenvalue weighted by Crippen LogP contribution is 2.25. The normalized spacial score (nSPS) is 22.9. The van der Waals surface area contributed by atoms with E-state index in [0.717, 1.165) is 32.4 Å². The molecule has 2 atom stereocenters. The third kappa shape index (κ3) is 4.48. The third-order valence-corrected chi connectivity index (χ3v) is 3.72. The number of hydrogen-bond acceptors (Lipinski definition) is 3. The van der Waals surface area contributed by atoms with Crippen LogP contribution in [0, 0.1) is 11.7 Å². The minimum atomic E-state index is -0.250. The van der Waals surface area contributed by atoms with Gasteiger partial charge < -0.3 is 14.7 Å². The van der Waals surface area contributed by atoms with E-state index in [1.54, 1.807) is 12.1 Å². The molecule has 2 rings (SSSR count). The van der Waals surface area contributed by atoms with Gasteiger partial charge in [0.25, 0.3) is 0 Å². The molecule has 1 saturated carbocycles. The van der Waals surface area contributed by atoms with E-state index >= 15 is 0 Å². The number of halogens is 1. The first-order chi connectivity index (χ1) is 9.15. The van der Waals surface area contributed by atoms with Gasteiger partial charge in [-0.15, -0.1) is 0 Å². The molecule has 0 radical (unpaired) electrons. The first-order valence-electron chi connectivity index (χ1n) is 6.90. The molecule has 0 aromatic heterocycles. The highest BCUT2D eigenvalue weighted by Gasteiger charge is 2.25. The Balaban J connectivity index is 1.66. The van der Waals surface area contributed by atoms with Gasteiger partial charge in [0.15, 0.2) is 0 Å². The van der Waals surface area contributed by atoms with E-state index in [9.17, 15) is 9.50 Å². The average molecular weight is 267 g/mol. The van der Waals surface area contributed by atoms with Crippen molar-refractivity contribution >= 4 is 0 Å². The Morgan fingerprint density at radius 2 is 2.05 bits per heavy atom. The van der Waals surface area contributed by atoms with Crippen molar-refractivity contribution in [3.8, 4) is 5.75 Å². The fourth-order valence-electron chi connectivity index (χ4n) is 2.57. The zero-order valence-corrected chi connectivity index (χ0v) is 11.4. The van der Waals surface area contributed by atoms with Gasteiger partial charge in [-0.25, -0.2) is 4.39 Å². The fraction of sp³-hybridized carbons (Fsp3) is 0.600. The summed E-state index contributed by atoms with van der Waals surface area (Å²) in [6, 6.07) is 6.06. The minimum Gasteiger partial charge on any atom is -0.492 e. The maximum absolute atomic E-state index is 12.7. The molecule has 1 fully saturated rings. The van der Waals surface area contributed by atoms with Crippen LogP contribution in [0.4, 0.5) is 4.39 Å². The maximum Gasteiger partial charge on any atom is 0.123 e. The maximum atomic E-state index is 12.7. The molecule has 4 heteroatoms. The van der Waals surface area contributed by atoms with Crippen molar-refractivity contribution in [2.75, 3.05) is 26.7 Å². The molecular formula is C15H22FNO2. The molecule has 1 aliphatic carbocycles. The molecule has 0 heterocycles. The number of aliphatic hydroxyl groups is 1. The van der Waals surface area contributed by atoms with E-state index in [2.05, 4.69) is 4.90 Å². The van der Waals surface area contributed by atoms with Gasteiger partial charge in [0, 0.05) is 13.1 Å². The number of hydrogen-bond donors (Lipinski definition) is 1. The van der Waals surface area contributed by atoms with Crippen molar-refractivity contribution in [3.63, 3.8) is 0 Å². The zero-order valence-electron chi connectivity index (χ0n) is 11.4. The van der Waals surface area contributed by atoms with Crippen LogP contribution in [0.5, 0.6) is 5.75 Å². The Morgan fingerprint density at radius 3 is 2.68 bits per heavy atom. The summed E-state index contributed by atoms with van der Waals surface area (Å²) in [7, 11) is 2.04. The topological polar surface area (TPSA) is 32.7 Å². The van der Waals surface area contributed by atoms with Crippen LogP contribution in [0.3, 0.4) is 0 Å². The second kappa shape index (κ2) is 6.87. The summed E-state index contributed by atoms with van der Waals surface area (Å²) in [5.74, 6) is 0.839.